The molecule has 0 saturated heterocycles. The van der Waals surface area contributed by atoms with E-state index in [2.05, 4.69) is 41.1 Å². The van der Waals surface area contributed by atoms with Crippen molar-refractivity contribution < 1.29 is 9.59 Å². The summed E-state index contributed by atoms with van der Waals surface area (Å²) in [6.07, 6.45) is 2.22. The number of hydrogen-bond acceptors (Lipinski definition) is 6. The van der Waals surface area contributed by atoms with Crippen LogP contribution >= 0.6 is 27.5 Å². The number of aromatic nitrogens is 3. The zero-order valence-electron chi connectivity index (χ0n) is 13.7. The summed E-state index contributed by atoms with van der Waals surface area (Å²) in [6, 6.07) is 10.2. The van der Waals surface area contributed by atoms with Crippen molar-refractivity contribution in [3.8, 4) is 0 Å². The van der Waals surface area contributed by atoms with Crippen LogP contribution in [0.25, 0.3) is 0 Å². The maximum Gasteiger partial charge on any atom is 0.269 e. The van der Waals surface area contributed by atoms with E-state index in [-0.39, 0.29) is 11.8 Å². The van der Waals surface area contributed by atoms with Gasteiger partial charge in [-0.1, -0.05) is 17.5 Å². The van der Waals surface area contributed by atoms with Crippen LogP contribution in [0.3, 0.4) is 0 Å². The Balaban J connectivity index is 1.72. The van der Waals surface area contributed by atoms with Crippen LogP contribution in [-0.2, 0) is 6.42 Å². The minimum absolute atomic E-state index is 0.288. The van der Waals surface area contributed by atoms with Crippen LogP contribution in [0, 0.1) is 0 Å². The first-order chi connectivity index (χ1) is 12.6. The Hall–Kier alpha value is -2.65. The summed E-state index contributed by atoms with van der Waals surface area (Å²) in [4.78, 5) is 29.3. The van der Waals surface area contributed by atoms with E-state index in [0.29, 0.717) is 34.1 Å². The van der Waals surface area contributed by atoms with Gasteiger partial charge in [-0.3, -0.25) is 9.59 Å². The molecular formula is C17H14BrN5O2S. The van der Waals surface area contributed by atoms with E-state index in [1.54, 1.807) is 42.6 Å². The summed E-state index contributed by atoms with van der Waals surface area (Å²) in [5.41, 5.74) is 1.58. The molecule has 0 saturated carbocycles. The van der Waals surface area contributed by atoms with Gasteiger partial charge in [0.25, 0.3) is 11.8 Å². The maximum atomic E-state index is 12.4. The molecule has 3 aromatic rings. The Labute approximate surface area is 162 Å². The summed E-state index contributed by atoms with van der Waals surface area (Å²) in [5, 5.41) is 9.41. The van der Waals surface area contributed by atoms with E-state index >= 15 is 0 Å². The summed E-state index contributed by atoms with van der Waals surface area (Å²) in [6.45, 7) is 1.91. The number of nitrogens with zero attached hydrogens (tertiary/aromatic N) is 3. The number of pyridine rings is 1. The third-order valence-corrected chi connectivity index (χ3v) is 4.68. The van der Waals surface area contributed by atoms with Crippen molar-refractivity contribution in [3.05, 3.63) is 63.2 Å². The van der Waals surface area contributed by atoms with Crippen molar-refractivity contribution in [2.75, 3.05) is 10.6 Å². The number of rotatable bonds is 5. The third-order valence-electron chi connectivity index (χ3n) is 3.45. The normalized spacial score (nSPS) is 10.4. The lowest BCUT2D eigenvalue weighted by molar-refractivity contribution is 0.101. The molecule has 2 amide bonds. The van der Waals surface area contributed by atoms with Crippen LogP contribution in [0.2, 0.25) is 0 Å². The highest BCUT2D eigenvalue weighted by atomic mass is 79.9. The number of anilines is 2. The quantitative estimate of drug-likeness (QED) is 0.640. The van der Waals surface area contributed by atoms with E-state index in [9.17, 15) is 9.59 Å². The lowest BCUT2D eigenvalue weighted by Crippen LogP contribution is -2.15. The van der Waals surface area contributed by atoms with Gasteiger partial charge >= 0.3 is 0 Å². The lowest BCUT2D eigenvalue weighted by Gasteiger charge is -2.08. The molecule has 0 atom stereocenters. The molecule has 0 aliphatic rings. The predicted octanol–water partition coefficient (Wildman–Crippen LogP) is 3.76. The highest BCUT2D eigenvalue weighted by Crippen LogP contribution is 2.17. The fourth-order valence-electron chi connectivity index (χ4n) is 2.18. The number of carbonyl (C=O) groups excluding carboxylic acids is 2. The average molecular weight is 432 g/mol. The van der Waals surface area contributed by atoms with Gasteiger partial charge in [0.05, 0.1) is 5.69 Å². The van der Waals surface area contributed by atoms with Crippen molar-refractivity contribution in [1.82, 2.24) is 14.6 Å². The molecule has 3 rings (SSSR count). The number of halogens is 1. The van der Waals surface area contributed by atoms with E-state index in [4.69, 9.17) is 0 Å². The minimum Gasteiger partial charge on any atom is -0.321 e. The van der Waals surface area contributed by atoms with Gasteiger partial charge in [-0.25, -0.2) is 4.98 Å². The third kappa shape index (κ3) is 4.30. The number of benzene rings is 1. The highest BCUT2D eigenvalue weighted by Gasteiger charge is 2.16. The second kappa shape index (κ2) is 8.15. The average Bonchev–Trinajstić information content (AvgIpc) is 3.13. The zero-order valence-corrected chi connectivity index (χ0v) is 16.1. The molecule has 2 aromatic heterocycles. The maximum absolute atomic E-state index is 12.4. The van der Waals surface area contributed by atoms with Gasteiger partial charge in [0.1, 0.15) is 10.7 Å². The second-order valence-electron chi connectivity index (χ2n) is 5.25. The topological polar surface area (TPSA) is 96.9 Å². The molecule has 0 aliphatic heterocycles. The fourth-order valence-corrected chi connectivity index (χ4v) is 3.06. The summed E-state index contributed by atoms with van der Waals surface area (Å²) in [7, 11) is 0. The highest BCUT2D eigenvalue weighted by molar-refractivity contribution is 9.10. The molecule has 0 fully saturated rings. The van der Waals surface area contributed by atoms with Crippen LogP contribution in [0.4, 0.5) is 11.5 Å². The van der Waals surface area contributed by atoms with Crippen molar-refractivity contribution in [3.63, 3.8) is 0 Å². The van der Waals surface area contributed by atoms with Gasteiger partial charge in [0.2, 0.25) is 0 Å². The summed E-state index contributed by atoms with van der Waals surface area (Å²) in [5.74, 6) is -0.162. The molecule has 9 heteroatoms. The first-order valence-corrected chi connectivity index (χ1v) is 9.29. The smallest absolute Gasteiger partial charge is 0.269 e. The molecule has 0 radical (unpaired) electrons. The Morgan fingerprint density at radius 3 is 2.73 bits per heavy atom. The zero-order chi connectivity index (χ0) is 18.5. The van der Waals surface area contributed by atoms with Gasteiger partial charge in [0, 0.05) is 21.9 Å². The largest absolute Gasteiger partial charge is 0.321 e. The standard InChI is InChI=1S/C17H14BrN5O2S/c1-2-13-15(26-23-22-13)17(25)20-12-5-3-4-10(8-12)16(24)21-14-7-6-11(18)9-19-14/h3-9H,2H2,1H3,(H,20,25)(H,19,21,24). The van der Waals surface area contributed by atoms with Gasteiger partial charge in [-0.05, 0) is 64.2 Å². The molecule has 0 aliphatic carbocycles. The Morgan fingerprint density at radius 2 is 2.00 bits per heavy atom. The summed E-state index contributed by atoms with van der Waals surface area (Å²) >= 11 is 4.34. The Kier molecular flexibility index (Phi) is 5.69. The van der Waals surface area contributed by atoms with Gasteiger partial charge in [-0.15, -0.1) is 5.10 Å². The van der Waals surface area contributed by atoms with Crippen LogP contribution in [0.5, 0.6) is 0 Å². The van der Waals surface area contributed by atoms with Crippen molar-refractivity contribution >= 4 is 50.8 Å². The molecule has 26 heavy (non-hydrogen) atoms. The molecule has 0 unspecified atom stereocenters. The Bertz CT molecular complexity index is 942. The first-order valence-electron chi connectivity index (χ1n) is 7.72. The molecule has 1 aromatic carbocycles. The van der Waals surface area contributed by atoms with Gasteiger partial charge < -0.3 is 10.6 Å². The second-order valence-corrected chi connectivity index (χ2v) is 6.92. The van der Waals surface area contributed by atoms with Gasteiger partial charge in [0.15, 0.2) is 0 Å². The van der Waals surface area contributed by atoms with Crippen molar-refractivity contribution in [2.24, 2.45) is 0 Å². The van der Waals surface area contributed by atoms with E-state index < -0.39 is 0 Å². The number of amides is 2. The van der Waals surface area contributed by atoms with Crippen LogP contribution in [-0.4, -0.2) is 26.4 Å². The molecule has 7 nitrogen and oxygen atoms in total. The van der Waals surface area contributed by atoms with Crippen molar-refractivity contribution in [1.29, 1.82) is 0 Å². The molecule has 2 N–H and O–H groups in total. The predicted molar refractivity (Wildman–Crippen MR) is 104 cm³/mol. The number of hydrogen-bond donors (Lipinski definition) is 2. The minimum atomic E-state index is -0.315. The number of nitrogens with one attached hydrogen (secondary N) is 2. The van der Waals surface area contributed by atoms with Crippen LogP contribution in [0.15, 0.2) is 47.1 Å². The SMILES string of the molecule is CCc1nnsc1C(=O)Nc1cccc(C(=O)Nc2ccc(Br)cn2)c1. The number of aryl methyl sites for hydroxylation is 1. The van der Waals surface area contributed by atoms with Crippen molar-refractivity contribution in [2.45, 2.75) is 13.3 Å². The molecule has 0 spiro atoms. The van der Waals surface area contributed by atoms with Crippen LogP contribution in [0.1, 0.15) is 32.6 Å². The fraction of sp³-hybridized carbons (Fsp3) is 0.118. The lowest BCUT2D eigenvalue weighted by atomic mass is 10.2. The van der Waals surface area contributed by atoms with E-state index in [1.165, 1.54) is 0 Å². The molecule has 132 valence electrons. The monoisotopic (exact) mass is 431 g/mol. The van der Waals surface area contributed by atoms with Crippen LogP contribution < -0.4 is 10.6 Å². The molecule has 2 heterocycles. The van der Waals surface area contributed by atoms with E-state index in [1.807, 2.05) is 6.92 Å². The Morgan fingerprint density at radius 1 is 1.15 bits per heavy atom. The number of carbonyl (C=O) groups is 2. The van der Waals surface area contributed by atoms with Gasteiger partial charge in [-0.2, -0.15) is 0 Å². The van der Waals surface area contributed by atoms with E-state index in [0.717, 1.165) is 16.0 Å². The first kappa shape index (κ1) is 18.2. The molecular weight excluding hydrogens is 418 g/mol. The summed E-state index contributed by atoms with van der Waals surface area (Å²) < 4.78 is 4.63. The molecule has 0 bridgehead atoms.